The molecule has 0 aromatic rings. The lowest BCUT2D eigenvalue weighted by Gasteiger charge is -2.06. The van der Waals surface area contributed by atoms with E-state index in [4.69, 9.17) is 10.5 Å². The fraction of sp³-hybridized carbons (Fsp3) is 0.250. The Labute approximate surface area is 110 Å². The van der Waals surface area contributed by atoms with Crippen molar-refractivity contribution in [3.8, 4) is 0 Å². The molecule has 0 amide bonds. The van der Waals surface area contributed by atoms with Crippen LogP contribution in [0.15, 0.2) is 48.7 Å². The van der Waals surface area contributed by atoms with Gasteiger partial charge in [0.2, 0.25) is 0 Å². The number of ether oxygens (including phenoxy) is 1. The van der Waals surface area contributed by atoms with Gasteiger partial charge in [0.25, 0.3) is 0 Å². The first kappa shape index (κ1) is 15.0. The van der Waals surface area contributed by atoms with Crippen LogP contribution in [0.3, 0.4) is 0 Å². The maximum absolute atomic E-state index is 11.2. The number of nitrogens with two attached hydrogens (primary N) is 1. The maximum atomic E-state index is 11.2. The largest absolute Gasteiger partial charge is 0.460 e. The molecule has 88 valence electrons. The van der Waals surface area contributed by atoms with Gasteiger partial charge in [-0.05, 0) is 24.6 Å². The zero-order valence-electron chi connectivity index (χ0n) is 9.28. The highest BCUT2D eigenvalue weighted by molar-refractivity contribution is 14.1. The van der Waals surface area contributed by atoms with E-state index in [1.54, 1.807) is 25.2 Å². The molecule has 0 aliphatic heterocycles. The summed E-state index contributed by atoms with van der Waals surface area (Å²) in [6.45, 7) is 9.14. The summed E-state index contributed by atoms with van der Waals surface area (Å²) in [5.74, 6) is -0.242. The fourth-order valence-corrected chi connectivity index (χ4v) is 0.895. The molecule has 1 unspecified atom stereocenters. The number of carbonyl (C=O) groups excluding carboxylic acids is 1. The van der Waals surface area contributed by atoms with Crippen molar-refractivity contribution in [1.82, 2.24) is 0 Å². The molecular weight excluding hydrogens is 317 g/mol. The van der Waals surface area contributed by atoms with Gasteiger partial charge in [-0.15, -0.1) is 0 Å². The molecule has 0 fully saturated rings. The average Bonchev–Trinajstić information content (AvgIpc) is 2.28. The van der Waals surface area contributed by atoms with Crippen molar-refractivity contribution < 1.29 is 9.53 Å². The van der Waals surface area contributed by atoms with Crippen LogP contribution >= 0.6 is 22.6 Å². The van der Waals surface area contributed by atoms with E-state index >= 15 is 0 Å². The van der Waals surface area contributed by atoms with Gasteiger partial charge in [-0.25, -0.2) is 0 Å². The monoisotopic (exact) mass is 333 g/mol. The van der Waals surface area contributed by atoms with Gasteiger partial charge in [0.1, 0.15) is 10.5 Å². The first-order valence-electron chi connectivity index (χ1n) is 4.73. The number of carbonyl (C=O) groups is 1. The number of hydrogen-bond donors (Lipinski definition) is 1. The van der Waals surface area contributed by atoms with Crippen LogP contribution in [-0.4, -0.2) is 16.5 Å². The molecule has 0 aliphatic carbocycles. The normalized spacial score (nSPS) is 14.1. The van der Waals surface area contributed by atoms with Gasteiger partial charge in [0, 0.05) is 5.70 Å². The number of rotatable bonds is 6. The second-order valence-electron chi connectivity index (χ2n) is 3.04. The third kappa shape index (κ3) is 6.44. The minimum Gasteiger partial charge on any atom is -0.460 e. The van der Waals surface area contributed by atoms with E-state index in [-0.39, 0.29) is 16.5 Å². The Kier molecular flexibility index (Phi) is 7.62. The number of allylic oxidation sites excluding steroid dienone is 3. The van der Waals surface area contributed by atoms with Gasteiger partial charge in [-0.3, -0.25) is 4.79 Å². The van der Waals surface area contributed by atoms with E-state index in [0.717, 1.165) is 5.57 Å². The van der Waals surface area contributed by atoms with E-state index in [1.165, 1.54) is 6.08 Å². The lowest BCUT2D eigenvalue weighted by atomic mass is 10.2. The van der Waals surface area contributed by atoms with E-state index in [9.17, 15) is 4.79 Å². The highest BCUT2D eigenvalue weighted by Gasteiger charge is 2.09. The minimum absolute atomic E-state index is 0.155. The third-order valence-electron chi connectivity index (χ3n) is 1.69. The standard InChI is InChI=1S/C12H16INO2/c1-4-10(6-7-11(14)5-2)8-16-12(15)9(3)13/h4-7,9H,1-2,8,14H2,3H3/b10-6+,11-7+. The summed E-state index contributed by atoms with van der Waals surface area (Å²) in [5.41, 5.74) is 6.87. The van der Waals surface area contributed by atoms with Crippen LogP contribution in [0.4, 0.5) is 0 Å². The number of alkyl halides is 1. The summed E-state index contributed by atoms with van der Waals surface area (Å²) in [6.07, 6.45) is 6.59. The highest BCUT2D eigenvalue weighted by Crippen LogP contribution is 2.04. The molecule has 2 N–H and O–H groups in total. The number of esters is 1. The van der Waals surface area contributed by atoms with Crippen molar-refractivity contribution in [2.45, 2.75) is 10.8 Å². The Hall–Kier alpha value is -1.04. The van der Waals surface area contributed by atoms with Crippen molar-refractivity contribution in [2.24, 2.45) is 5.73 Å². The Morgan fingerprint density at radius 1 is 1.44 bits per heavy atom. The average molecular weight is 333 g/mol. The molecule has 0 heterocycles. The second kappa shape index (κ2) is 8.15. The number of hydrogen-bond acceptors (Lipinski definition) is 3. The van der Waals surface area contributed by atoms with Crippen molar-refractivity contribution in [2.75, 3.05) is 6.61 Å². The molecule has 0 aromatic heterocycles. The van der Waals surface area contributed by atoms with E-state index in [0.29, 0.717) is 5.70 Å². The Morgan fingerprint density at radius 2 is 2.06 bits per heavy atom. The molecule has 1 atom stereocenters. The van der Waals surface area contributed by atoms with Crippen molar-refractivity contribution in [3.05, 3.63) is 48.7 Å². The smallest absolute Gasteiger partial charge is 0.318 e. The fourth-order valence-electron chi connectivity index (χ4n) is 0.716. The predicted octanol–water partition coefficient (Wildman–Crippen LogP) is 2.49. The molecule has 0 bridgehead atoms. The molecule has 4 heteroatoms. The Bertz CT molecular complexity index is 330. The third-order valence-corrected chi connectivity index (χ3v) is 2.20. The van der Waals surface area contributed by atoms with Gasteiger partial charge in [-0.2, -0.15) is 0 Å². The SMILES string of the molecule is C=C/C(N)=C\C=C(/C=C)COC(=O)C(C)I. The van der Waals surface area contributed by atoms with Crippen LogP contribution in [0.2, 0.25) is 0 Å². The topological polar surface area (TPSA) is 52.3 Å². The summed E-state index contributed by atoms with van der Waals surface area (Å²) in [5, 5.41) is 0. The van der Waals surface area contributed by atoms with Crippen LogP contribution in [-0.2, 0) is 9.53 Å². The minimum atomic E-state index is -0.242. The quantitative estimate of drug-likeness (QED) is 0.352. The number of halogens is 1. The van der Waals surface area contributed by atoms with Gasteiger partial charge in [0.15, 0.2) is 0 Å². The lowest BCUT2D eigenvalue weighted by Crippen LogP contribution is -2.15. The van der Waals surface area contributed by atoms with Gasteiger partial charge in [0.05, 0.1) is 0 Å². The van der Waals surface area contributed by atoms with Crippen LogP contribution < -0.4 is 5.73 Å². The van der Waals surface area contributed by atoms with Gasteiger partial charge in [-0.1, -0.05) is 47.9 Å². The molecular formula is C12H16INO2. The Morgan fingerprint density at radius 3 is 2.50 bits per heavy atom. The van der Waals surface area contributed by atoms with Crippen molar-refractivity contribution >= 4 is 28.6 Å². The first-order chi connectivity index (χ1) is 7.51. The zero-order valence-corrected chi connectivity index (χ0v) is 11.4. The summed E-state index contributed by atoms with van der Waals surface area (Å²) in [4.78, 5) is 11.2. The van der Waals surface area contributed by atoms with E-state index in [2.05, 4.69) is 13.2 Å². The second-order valence-corrected chi connectivity index (χ2v) is 4.91. The zero-order chi connectivity index (χ0) is 12.6. The van der Waals surface area contributed by atoms with Crippen LogP contribution in [0.25, 0.3) is 0 Å². The van der Waals surface area contributed by atoms with Crippen LogP contribution in [0.5, 0.6) is 0 Å². The molecule has 0 spiro atoms. The molecule has 0 aliphatic rings. The summed E-state index contributed by atoms with van der Waals surface area (Å²) >= 11 is 2.00. The molecule has 16 heavy (non-hydrogen) atoms. The molecule has 0 saturated heterocycles. The predicted molar refractivity (Wildman–Crippen MR) is 75.2 cm³/mol. The van der Waals surface area contributed by atoms with Crippen LogP contribution in [0.1, 0.15) is 6.92 Å². The molecule has 0 radical (unpaired) electrons. The van der Waals surface area contributed by atoms with Crippen LogP contribution in [0, 0.1) is 0 Å². The highest BCUT2D eigenvalue weighted by atomic mass is 127. The molecule has 0 aromatic carbocycles. The van der Waals surface area contributed by atoms with Gasteiger partial charge >= 0.3 is 5.97 Å². The summed E-state index contributed by atoms with van der Waals surface area (Å²) in [6, 6.07) is 0. The van der Waals surface area contributed by atoms with E-state index < -0.39 is 0 Å². The Balaban J connectivity index is 4.37. The van der Waals surface area contributed by atoms with Crippen molar-refractivity contribution in [1.29, 1.82) is 0 Å². The summed E-state index contributed by atoms with van der Waals surface area (Å²) in [7, 11) is 0. The molecule has 3 nitrogen and oxygen atoms in total. The lowest BCUT2D eigenvalue weighted by molar-refractivity contribution is -0.141. The molecule has 0 rings (SSSR count). The van der Waals surface area contributed by atoms with Gasteiger partial charge < -0.3 is 10.5 Å². The maximum Gasteiger partial charge on any atom is 0.318 e. The van der Waals surface area contributed by atoms with E-state index in [1.807, 2.05) is 22.6 Å². The first-order valence-corrected chi connectivity index (χ1v) is 5.97. The van der Waals surface area contributed by atoms with Crippen molar-refractivity contribution in [3.63, 3.8) is 0 Å². The summed E-state index contributed by atoms with van der Waals surface area (Å²) < 4.78 is 4.89. The molecule has 0 saturated carbocycles.